The van der Waals surface area contributed by atoms with Gasteiger partial charge >= 0.3 is 0 Å². The van der Waals surface area contributed by atoms with Gasteiger partial charge in [-0.2, -0.15) is 0 Å². The molecule has 0 aliphatic carbocycles. The smallest absolute Gasteiger partial charge is 0.237 e. The molecule has 1 aromatic carbocycles. The number of aryl methyl sites for hydroxylation is 1. The van der Waals surface area contributed by atoms with Gasteiger partial charge in [0.25, 0.3) is 0 Å². The zero-order valence-corrected chi connectivity index (χ0v) is 16.0. The minimum atomic E-state index is -0.387. The van der Waals surface area contributed by atoms with Crippen LogP contribution in [0.4, 0.5) is 0 Å². The molecule has 26 heavy (non-hydrogen) atoms. The second-order valence-electron chi connectivity index (χ2n) is 7.63. The number of aliphatic hydroxyl groups is 1. The normalized spacial score (nSPS) is 18.1. The fourth-order valence-electron chi connectivity index (χ4n) is 3.38. The Morgan fingerprint density at radius 2 is 1.92 bits per heavy atom. The van der Waals surface area contributed by atoms with Gasteiger partial charge in [-0.05, 0) is 55.7 Å². The number of nitrogens with one attached hydrogen (secondary N) is 2. The number of benzene rings is 1. The van der Waals surface area contributed by atoms with Crippen LogP contribution in [0, 0.1) is 5.92 Å². The van der Waals surface area contributed by atoms with E-state index in [0.717, 1.165) is 43.4 Å². The topological polar surface area (TPSA) is 78.4 Å². The number of hydrogen-bond donors (Lipinski definition) is 3. The van der Waals surface area contributed by atoms with Gasteiger partial charge in [-0.1, -0.05) is 38.1 Å². The van der Waals surface area contributed by atoms with Gasteiger partial charge in [0, 0.05) is 6.42 Å². The maximum absolute atomic E-state index is 12.7. The molecule has 2 atom stereocenters. The van der Waals surface area contributed by atoms with Gasteiger partial charge < -0.3 is 15.7 Å². The first kappa shape index (κ1) is 20.6. The summed E-state index contributed by atoms with van der Waals surface area (Å²) in [6.45, 7) is 5.06. The molecular weight excluding hydrogens is 328 g/mol. The summed E-state index contributed by atoms with van der Waals surface area (Å²) in [4.78, 5) is 25.0. The minimum Gasteiger partial charge on any atom is -0.392 e. The van der Waals surface area contributed by atoms with Crippen molar-refractivity contribution in [1.82, 2.24) is 10.6 Å². The largest absolute Gasteiger partial charge is 0.392 e. The lowest BCUT2D eigenvalue weighted by molar-refractivity contribution is -0.129. The molecule has 1 fully saturated rings. The monoisotopic (exact) mass is 360 g/mol. The van der Waals surface area contributed by atoms with Crippen molar-refractivity contribution >= 4 is 11.7 Å². The number of carbonyl (C=O) groups excluding carboxylic acids is 2. The molecule has 2 rings (SSSR count). The summed E-state index contributed by atoms with van der Waals surface area (Å²) in [5, 5.41) is 15.2. The molecule has 5 heteroatoms. The van der Waals surface area contributed by atoms with Crippen molar-refractivity contribution in [1.29, 1.82) is 0 Å². The number of ketones is 1. The molecule has 144 valence electrons. The molecular formula is C21H32N2O3. The summed E-state index contributed by atoms with van der Waals surface area (Å²) in [6, 6.07) is 7.27. The fraction of sp³-hybridized carbons (Fsp3) is 0.619. The van der Waals surface area contributed by atoms with E-state index >= 15 is 0 Å². The first-order chi connectivity index (χ1) is 12.5. The highest BCUT2D eigenvalue weighted by atomic mass is 16.3. The summed E-state index contributed by atoms with van der Waals surface area (Å²) >= 11 is 0. The molecule has 1 amide bonds. The number of carbonyl (C=O) groups is 2. The van der Waals surface area contributed by atoms with E-state index in [1.165, 1.54) is 0 Å². The molecule has 0 bridgehead atoms. The van der Waals surface area contributed by atoms with Crippen LogP contribution in [-0.2, 0) is 22.6 Å². The van der Waals surface area contributed by atoms with Gasteiger partial charge in [0.1, 0.15) is 0 Å². The Balaban J connectivity index is 1.83. The van der Waals surface area contributed by atoms with Gasteiger partial charge in [-0.25, -0.2) is 0 Å². The average Bonchev–Trinajstić information content (AvgIpc) is 3.16. The molecule has 1 heterocycles. The van der Waals surface area contributed by atoms with Crippen molar-refractivity contribution < 1.29 is 14.7 Å². The zero-order valence-electron chi connectivity index (χ0n) is 16.0. The van der Waals surface area contributed by atoms with E-state index in [1.807, 2.05) is 24.3 Å². The van der Waals surface area contributed by atoms with Crippen LogP contribution in [0.25, 0.3) is 0 Å². The third-order valence-corrected chi connectivity index (χ3v) is 4.88. The van der Waals surface area contributed by atoms with Crippen LogP contribution < -0.4 is 10.6 Å². The minimum absolute atomic E-state index is 0.0407. The lowest BCUT2D eigenvalue weighted by atomic mass is 9.96. The van der Waals surface area contributed by atoms with Crippen LogP contribution in [-0.4, -0.2) is 35.4 Å². The van der Waals surface area contributed by atoms with E-state index in [4.69, 9.17) is 5.11 Å². The van der Waals surface area contributed by atoms with E-state index in [2.05, 4.69) is 24.5 Å². The van der Waals surface area contributed by atoms with Gasteiger partial charge in [0.05, 0.1) is 18.7 Å². The van der Waals surface area contributed by atoms with E-state index in [9.17, 15) is 9.59 Å². The summed E-state index contributed by atoms with van der Waals surface area (Å²) in [5.74, 6) is 0.435. The molecule has 5 nitrogen and oxygen atoms in total. The lowest BCUT2D eigenvalue weighted by Gasteiger charge is -2.21. The van der Waals surface area contributed by atoms with Crippen molar-refractivity contribution in [2.24, 2.45) is 5.92 Å². The summed E-state index contributed by atoms with van der Waals surface area (Å²) < 4.78 is 0. The maximum atomic E-state index is 12.7. The summed E-state index contributed by atoms with van der Waals surface area (Å²) in [5.41, 5.74) is 2.06. The van der Waals surface area contributed by atoms with E-state index in [-0.39, 0.29) is 30.4 Å². The Kier molecular flexibility index (Phi) is 8.26. The molecule has 3 N–H and O–H groups in total. The van der Waals surface area contributed by atoms with Gasteiger partial charge in [0.15, 0.2) is 5.78 Å². The summed E-state index contributed by atoms with van der Waals surface area (Å²) in [7, 11) is 0. The van der Waals surface area contributed by atoms with Crippen LogP contribution in [0.3, 0.4) is 0 Å². The van der Waals surface area contributed by atoms with Crippen LogP contribution in [0.2, 0.25) is 0 Å². The maximum Gasteiger partial charge on any atom is 0.237 e. The molecule has 1 aromatic rings. The van der Waals surface area contributed by atoms with Crippen molar-refractivity contribution in [3.63, 3.8) is 0 Å². The third kappa shape index (κ3) is 6.54. The number of Topliss-reactive ketones (excluding diaryl/α,β-unsaturated/α-hetero) is 1. The SMILES string of the molecule is CC(C)CC(NC(=O)[C@@H]1CCCN1)C(=O)CCCc1ccc(CO)cc1. The van der Waals surface area contributed by atoms with Gasteiger partial charge in [-0.15, -0.1) is 0 Å². The second kappa shape index (κ2) is 10.4. The van der Waals surface area contributed by atoms with Gasteiger partial charge in [-0.3, -0.25) is 9.59 Å². The number of aliphatic hydroxyl groups excluding tert-OH is 1. The summed E-state index contributed by atoms with van der Waals surface area (Å²) in [6.07, 6.45) is 4.60. The quantitative estimate of drug-likeness (QED) is 0.598. The predicted octanol–water partition coefficient (Wildman–Crippen LogP) is 2.35. The predicted molar refractivity (Wildman–Crippen MR) is 103 cm³/mol. The van der Waals surface area contributed by atoms with Crippen LogP contribution >= 0.6 is 0 Å². The van der Waals surface area contributed by atoms with Crippen molar-refractivity contribution in [2.45, 2.75) is 71.1 Å². The first-order valence-corrected chi connectivity index (χ1v) is 9.74. The highest BCUT2D eigenvalue weighted by Gasteiger charge is 2.27. The zero-order chi connectivity index (χ0) is 18.9. The lowest BCUT2D eigenvalue weighted by Crippen LogP contribution is -2.48. The number of rotatable bonds is 10. The molecule has 0 aromatic heterocycles. The molecule has 1 aliphatic rings. The van der Waals surface area contributed by atoms with Crippen molar-refractivity contribution in [2.75, 3.05) is 6.54 Å². The molecule has 0 radical (unpaired) electrons. The van der Waals surface area contributed by atoms with Crippen molar-refractivity contribution in [3.05, 3.63) is 35.4 Å². The van der Waals surface area contributed by atoms with Crippen molar-refractivity contribution in [3.8, 4) is 0 Å². The van der Waals surface area contributed by atoms with Crippen LogP contribution in [0.15, 0.2) is 24.3 Å². The number of hydrogen-bond acceptors (Lipinski definition) is 4. The fourth-order valence-corrected chi connectivity index (χ4v) is 3.38. The van der Waals surface area contributed by atoms with E-state index in [0.29, 0.717) is 18.8 Å². The van der Waals surface area contributed by atoms with Crippen LogP contribution in [0.1, 0.15) is 57.1 Å². The Hall–Kier alpha value is -1.72. The first-order valence-electron chi connectivity index (χ1n) is 9.74. The molecule has 1 aliphatic heterocycles. The third-order valence-electron chi connectivity index (χ3n) is 4.88. The number of amides is 1. The second-order valence-corrected chi connectivity index (χ2v) is 7.63. The Morgan fingerprint density at radius 3 is 2.50 bits per heavy atom. The molecule has 1 saturated heterocycles. The highest BCUT2D eigenvalue weighted by molar-refractivity contribution is 5.91. The molecule has 0 saturated carbocycles. The van der Waals surface area contributed by atoms with Crippen LogP contribution in [0.5, 0.6) is 0 Å². The molecule has 0 spiro atoms. The average molecular weight is 360 g/mol. The highest BCUT2D eigenvalue weighted by Crippen LogP contribution is 2.13. The molecule has 1 unspecified atom stereocenters. The Labute approximate surface area is 156 Å². The van der Waals surface area contributed by atoms with E-state index in [1.54, 1.807) is 0 Å². The van der Waals surface area contributed by atoms with Gasteiger partial charge in [0.2, 0.25) is 5.91 Å². The Morgan fingerprint density at radius 1 is 1.23 bits per heavy atom. The Bertz CT molecular complexity index is 577. The van der Waals surface area contributed by atoms with E-state index < -0.39 is 0 Å². The standard InChI is InChI=1S/C21H32N2O3/c1-15(2)13-19(23-21(26)18-6-4-12-22-18)20(25)7-3-5-16-8-10-17(14-24)11-9-16/h8-11,15,18-19,22,24H,3-7,12-14H2,1-2H3,(H,23,26)/t18-,19?/m0/s1.